The molecule has 3 heteroatoms. The molecule has 1 aliphatic heterocycles. The van der Waals surface area contributed by atoms with Crippen LogP contribution in [0.1, 0.15) is 25.7 Å². The van der Waals surface area contributed by atoms with Crippen molar-refractivity contribution in [2.24, 2.45) is 0 Å². The zero-order chi connectivity index (χ0) is 12.1. The van der Waals surface area contributed by atoms with Crippen LogP contribution >= 0.6 is 11.8 Å². The summed E-state index contributed by atoms with van der Waals surface area (Å²) in [4.78, 5) is 3.66. The molecule has 2 rings (SSSR count). The lowest BCUT2D eigenvalue weighted by Gasteiger charge is -2.32. The van der Waals surface area contributed by atoms with Gasteiger partial charge in [0.05, 0.1) is 0 Å². The predicted octanol–water partition coefficient (Wildman–Crippen LogP) is 3.36. The fourth-order valence-electron chi connectivity index (χ4n) is 2.39. The van der Waals surface area contributed by atoms with Gasteiger partial charge in [-0.15, -0.1) is 11.8 Å². The van der Waals surface area contributed by atoms with Crippen molar-refractivity contribution < 1.29 is 5.11 Å². The van der Waals surface area contributed by atoms with Crippen molar-refractivity contribution in [2.75, 3.05) is 19.3 Å². The maximum atomic E-state index is 9.38. The number of benzene rings is 1. The van der Waals surface area contributed by atoms with Crippen LogP contribution in [0.15, 0.2) is 29.2 Å². The zero-order valence-electron chi connectivity index (χ0n) is 10.4. The second-order valence-electron chi connectivity index (χ2n) is 4.76. The van der Waals surface area contributed by atoms with Crippen molar-refractivity contribution in [1.82, 2.24) is 4.90 Å². The molecule has 0 bridgehead atoms. The molecular weight excluding hydrogens is 230 g/mol. The van der Waals surface area contributed by atoms with Gasteiger partial charge in [-0.05, 0) is 56.8 Å². The van der Waals surface area contributed by atoms with E-state index >= 15 is 0 Å². The van der Waals surface area contributed by atoms with Crippen molar-refractivity contribution in [1.29, 1.82) is 0 Å². The maximum absolute atomic E-state index is 9.38. The van der Waals surface area contributed by atoms with Gasteiger partial charge in [0.25, 0.3) is 0 Å². The second kappa shape index (κ2) is 6.31. The van der Waals surface area contributed by atoms with Gasteiger partial charge in [-0.25, -0.2) is 0 Å². The molecule has 0 spiro atoms. The Morgan fingerprint density at radius 2 is 2.29 bits per heavy atom. The minimum absolute atomic E-state index is 0.366. The van der Waals surface area contributed by atoms with E-state index in [1.807, 2.05) is 23.9 Å². The summed E-state index contributed by atoms with van der Waals surface area (Å²) in [7, 11) is 2.24. The Kier molecular flexibility index (Phi) is 4.75. The quantitative estimate of drug-likeness (QED) is 0.830. The van der Waals surface area contributed by atoms with Crippen LogP contribution in [0.5, 0.6) is 5.75 Å². The fourth-order valence-corrected chi connectivity index (χ4v) is 3.40. The van der Waals surface area contributed by atoms with Crippen LogP contribution in [0.3, 0.4) is 0 Å². The van der Waals surface area contributed by atoms with E-state index in [9.17, 15) is 5.11 Å². The van der Waals surface area contributed by atoms with Crippen LogP contribution in [0.4, 0.5) is 0 Å². The highest BCUT2D eigenvalue weighted by Gasteiger charge is 2.18. The molecule has 0 aliphatic carbocycles. The van der Waals surface area contributed by atoms with E-state index in [0.717, 1.165) is 11.8 Å². The van der Waals surface area contributed by atoms with Crippen molar-refractivity contribution in [2.45, 2.75) is 36.6 Å². The number of thioether (sulfide) groups is 1. The van der Waals surface area contributed by atoms with Crippen LogP contribution in [-0.2, 0) is 0 Å². The van der Waals surface area contributed by atoms with Gasteiger partial charge < -0.3 is 10.0 Å². The van der Waals surface area contributed by atoms with Gasteiger partial charge in [0.1, 0.15) is 5.75 Å². The number of phenols is 1. The van der Waals surface area contributed by atoms with Crippen molar-refractivity contribution in [3.63, 3.8) is 0 Å². The zero-order valence-corrected chi connectivity index (χ0v) is 11.2. The molecule has 0 aromatic heterocycles. The average Bonchev–Trinajstić information content (AvgIpc) is 2.32. The molecule has 1 fully saturated rings. The molecule has 1 aliphatic rings. The molecular formula is C14H21NOS. The first-order chi connectivity index (χ1) is 8.25. The lowest BCUT2D eigenvalue weighted by molar-refractivity contribution is 0.182. The van der Waals surface area contributed by atoms with Gasteiger partial charge in [0.2, 0.25) is 0 Å². The topological polar surface area (TPSA) is 23.5 Å². The summed E-state index contributed by atoms with van der Waals surface area (Å²) in [5, 5.41) is 9.38. The normalized spacial score (nSPS) is 21.6. The molecule has 1 aromatic carbocycles. The molecule has 0 radical (unpaired) electrons. The van der Waals surface area contributed by atoms with Crippen LogP contribution < -0.4 is 0 Å². The predicted molar refractivity (Wildman–Crippen MR) is 73.7 cm³/mol. The van der Waals surface area contributed by atoms with Crippen molar-refractivity contribution in [3.8, 4) is 5.75 Å². The van der Waals surface area contributed by atoms with E-state index in [-0.39, 0.29) is 0 Å². The number of likely N-dealkylation sites (tertiary alicyclic amines) is 1. The number of hydrogen-bond acceptors (Lipinski definition) is 3. The van der Waals surface area contributed by atoms with Gasteiger partial charge in [0, 0.05) is 10.9 Å². The molecule has 1 saturated heterocycles. The highest BCUT2D eigenvalue weighted by molar-refractivity contribution is 7.99. The van der Waals surface area contributed by atoms with Gasteiger partial charge in [-0.3, -0.25) is 0 Å². The molecule has 1 N–H and O–H groups in total. The number of aromatic hydroxyl groups is 1. The lowest BCUT2D eigenvalue weighted by atomic mass is 10.0. The summed E-state index contributed by atoms with van der Waals surface area (Å²) < 4.78 is 0. The number of rotatable bonds is 4. The van der Waals surface area contributed by atoms with Crippen molar-refractivity contribution in [3.05, 3.63) is 24.3 Å². The Morgan fingerprint density at radius 3 is 3.06 bits per heavy atom. The SMILES string of the molecule is CN1CCCCC1CCSc1cccc(O)c1. The van der Waals surface area contributed by atoms with E-state index in [2.05, 4.69) is 18.0 Å². The summed E-state index contributed by atoms with van der Waals surface area (Å²) in [6.07, 6.45) is 5.33. The second-order valence-corrected chi connectivity index (χ2v) is 5.93. The third-order valence-electron chi connectivity index (χ3n) is 3.46. The highest BCUT2D eigenvalue weighted by atomic mass is 32.2. The first-order valence-corrected chi connectivity index (χ1v) is 7.36. The summed E-state index contributed by atoms with van der Waals surface area (Å²) in [5.74, 6) is 1.50. The summed E-state index contributed by atoms with van der Waals surface area (Å²) in [6, 6.07) is 8.29. The van der Waals surface area contributed by atoms with E-state index < -0.39 is 0 Å². The highest BCUT2D eigenvalue weighted by Crippen LogP contribution is 2.25. The molecule has 1 atom stereocenters. The fraction of sp³-hybridized carbons (Fsp3) is 0.571. The maximum Gasteiger partial charge on any atom is 0.116 e. The van der Waals surface area contributed by atoms with Crippen LogP contribution in [0.25, 0.3) is 0 Å². The van der Waals surface area contributed by atoms with Gasteiger partial charge in [-0.1, -0.05) is 12.5 Å². The van der Waals surface area contributed by atoms with E-state index in [1.54, 1.807) is 6.07 Å². The molecule has 17 heavy (non-hydrogen) atoms. The summed E-state index contributed by atoms with van der Waals surface area (Å²) in [6.45, 7) is 1.25. The minimum atomic E-state index is 0.366. The van der Waals surface area contributed by atoms with E-state index in [1.165, 1.54) is 37.1 Å². The first-order valence-electron chi connectivity index (χ1n) is 6.38. The number of hydrogen-bond donors (Lipinski definition) is 1. The van der Waals surface area contributed by atoms with Gasteiger partial charge in [0.15, 0.2) is 0 Å². The number of piperidine rings is 1. The Bertz CT molecular complexity index is 356. The first kappa shape index (κ1) is 12.8. The Hall–Kier alpha value is -0.670. The third kappa shape index (κ3) is 3.93. The van der Waals surface area contributed by atoms with Gasteiger partial charge in [-0.2, -0.15) is 0 Å². The standard InChI is InChI=1S/C14H21NOS/c1-15-9-3-2-5-12(15)8-10-17-14-7-4-6-13(16)11-14/h4,6-7,11-12,16H,2-3,5,8-10H2,1H3. The molecule has 2 nitrogen and oxygen atoms in total. The molecule has 94 valence electrons. The third-order valence-corrected chi connectivity index (χ3v) is 4.49. The number of nitrogens with zero attached hydrogens (tertiary/aromatic N) is 1. The van der Waals surface area contributed by atoms with E-state index in [0.29, 0.717) is 5.75 Å². The lowest BCUT2D eigenvalue weighted by Crippen LogP contribution is -2.36. The smallest absolute Gasteiger partial charge is 0.116 e. The summed E-state index contributed by atoms with van der Waals surface area (Å²) in [5.41, 5.74) is 0. The minimum Gasteiger partial charge on any atom is -0.508 e. The van der Waals surface area contributed by atoms with Crippen LogP contribution in [0.2, 0.25) is 0 Å². The van der Waals surface area contributed by atoms with Crippen molar-refractivity contribution >= 4 is 11.8 Å². The van der Waals surface area contributed by atoms with Gasteiger partial charge >= 0.3 is 0 Å². The molecule has 0 amide bonds. The monoisotopic (exact) mass is 251 g/mol. The van der Waals surface area contributed by atoms with Crippen LogP contribution in [0, 0.1) is 0 Å². The summed E-state index contributed by atoms with van der Waals surface area (Å²) >= 11 is 1.84. The Balaban J connectivity index is 1.75. The molecule has 1 unspecified atom stereocenters. The largest absolute Gasteiger partial charge is 0.508 e. The Morgan fingerprint density at radius 1 is 1.41 bits per heavy atom. The molecule has 0 saturated carbocycles. The van der Waals surface area contributed by atoms with E-state index in [4.69, 9.17) is 0 Å². The molecule has 1 aromatic rings. The molecule has 1 heterocycles. The average molecular weight is 251 g/mol. The van der Waals surface area contributed by atoms with Crippen LogP contribution in [-0.4, -0.2) is 35.4 Å². The number of phenolic OH excluding ortho intramolecular Hbond substituents is 1. The Labute approximate surface area is 108 Å².